The minimum absolute atomic E-state index is 0.103. The van der Waals surface area contributed by atoms with Crippen LogP contribution >= 0.6 is 0 Å². The van der Waals surface area contributed by atoms with Crippen LogP contribution in [0.4, 0.5) is 0 Å². The van der Waals surface area contributed by atoms with Crippen LogP contribution in [0.3, 0.4) is 0 Å². The maximum Gasteiger partial charge on any atom is 0.305 e. The Kier molecular flexibility index (Phi) is 6.85. The van der Waals surface area contributed by atoms with Gasteiger partial charge in [0.05, 0.1) is 7.11 Å². The minimum Gasteiger partial charge on any atom is -0.469 e. The number of ketones is 1. The van der Waals surface area contributed by atoms with E-state index in [-0.39, 0.29) is 17.3 Å². The number of ether oxygens (including phenoxy) is 1. The highest BCUT2D eigenvalue weighted by molar-refractivity contribution is 5.83. The molecule has 3 heteroatoms. The molecule has 166 valence electrons. The molecule has 0 heterocycles. The molecule has 0 amide bonds. The topological polar surface area (TPSA) is 43.4 Å². The average Bonchev–Trinajstić information content (AvgIpc) is 2.68. The van der Waals surface area contributed by atoms with E-state index in [1.807, 2.05) is 0 Å². The molecule has 0 saturated heterocycles. The van der Waals surface area contributed by atoms with Crippen LogP contribution in [-0.2, 0) is 14.3 Å². The molecule has 3 fully saturated rings. The number of hydrogen-bond acceptors (Lipinski definition) is 3. The molecule has 0 aromatic rings. The van der Waals surface area contributed by atoms with Crippen molar-refractivity contribution in [2.24, 2.45) is 46.3 Å². The highest BCUT2D eigenvalue weighted by Gasteiger charge is 2.57. The van der Waals surface area contributed by atoms with Crippen molar-refractivity contribution in [3.05, 3.63) is 0 Å². The number of carbonyl (C=O) groups is 2. The van der Waals surface area contributed by atoms with E-state index in [1.165, 1.54) is 39.2 Å². The van der Waals surface area contributed by atoms with Crippen molar-refractivity contribution >= 4 is 11.8 Å². The Labute approximate surface area is 178 Å². The largest absolute Gasteiger partial charge is 0.469 e. The highest BCUT2D eigenvalue weighted by atomic mass is 16.5. The maximum absolute atomic E-state index is 13.3. The molecular weight excluding hydrogens is 360 g/mol. The molecule has 3 aliphatic carbocycles. The Morgan fingerprint density at radius 3 is 2.62 bits per heavy atom. The number of fused-ring (bicyclic) bond motifs is 3. The first-order valence-electron chi connectivity index (χ1n) is 12.2. The SMILES string of the molecule is CC[C@H](C(C)CCC(=O)OC)C1(C)CCC2[C@@H](C1)C(=O)C[C@@H]1C[C@H](C)CCC21C. The molecule has 4 unspecified atom stereocenters. The van der Waals surface area contributed by atoms with E-state index in [0.717, 1.165) is 31.6 Å². The molecule has 8 atom stereocenters. The van der Waals surface area contributed by atoms with Gasteiger partial charge in [-0.1, -0.05) is 47.5 Å². The van der Waals surface area contributed by atoms with Gasteiger partial charge < -0.3 is 4.74 Å². The number of hydrogen-bond donors (Lipinski definition) is 0. The third-order valence-electron chi connectivity index (χ3n) is 9.76. The summed E-state index contributed by atoms with van der Waals surface area (Å²) in [6, 6.07) is 0. The van der Waals surface area contributed by atoms with Gasteiger partial charge in [-0.2, -0.15) is 0 Å². The molecule has 0 spiro atoms. The van der Waals surface area contributed by atoms with E-state index < -0.39 is 0 Å². The lowest BCUT2D eigenvalue weighted by molar-refractivity contribution is -0.151. The van der Waals surface area contributed by atoms with Crippen molar-refractivity contribution in [2.75, 3.05) is 7.11 Å². The van der Waals surface area contributed by atoms with Gasteiger partial charge in [-0.25, -0.2) is 0 Å². The Bertz CT molecular complexity index is 613. The lowest BCUT2D eigenvalue weighted by atomic mass is 9.45. The molecule has 3 nitrogen and oxygen atoms in total. The van der Waals surface area contributed by atoms with Crippen LogP contribution in [0.1, 0.15) is 98.8 Å². The lowest BCUT2D eigenvalue weighted by Gasteiger charge is -2.59. The van der Waals surface area contributed by atoms with Crippen LogP contribution in [-0.4, -0.2) is 18.9 Å². The molecule has 3 aliphatic rings. The fourth-order valence-corrected chi connectivity index (χ4v) is 7.96. The van der Waals surface area contributed by atoms with Crippen molar-refractivity contribution in [1.82, 2.24) is 0 Å². The average molecular weight is 405 g/mol. The van der Waals surface area contributed by atoms with Gasteiger partial charge in [-0.3, -0.25) is 9.59 Å². The van der Waals surface area contributed by atoms with E-state index in [4.69, 9.17) is 4.74 Å². The first-order valence-corrected chi connectivity index (χ1v) is 12.2. The summed E-state index contributed by atoms with van der Waals surface area (Å²) in [4.78, 5) is 24.9. The van der Waals surface area contributed by atoms with Gasteiger partial charge in [0.1, 0.15) is 5.78 Å². The van der Waals surface area contributed by atoms with Gasteiger partial charge in [-0.05, 0) is 78.9 Å². The fraction of sp³-hybridized carbons (Fsp3) is 0.923. The normalized spacial score (nSPS) is 41.8. The molecule has 0 N–H and O–H groups in total. The Morgan fingerprint density at radius 2 is 1.97 bits per heavy atom. The van der Waals surface area contributed by atoms with Gasteiger partial charge in [0.15, 0.2) is 0 Å². The van der Waals surface area contributed by atoms with Crippen molar-refractivity contribution in [2.45, 2.75) is 98.8 Å². The maximum atomic E-state index is 13.3. The Balaban J connectivity index is 1.74. The van der Waals surface area contributed by atoms with Gasteiger partial charge in [-0.15, -0.1) is 0 Å². The quantitative estimate of drug-likeness (QED) is 0.478. The van der Waals surface area contributed by atoms with Gasteiger partial charge in [0, 0.05) is 18.8 Å². The van der Waals surface area contributed by atoms with Gasteiger partial charge in [0.25, 0.3) is 0 Å². The highest BCUT2D eigenvalue weighted by Crippen LogP contribution is 2.62. The molecule has 0 aromatic heterocycles. The third kappa shape index (κ3) is 4.30. The van der Waals surface area contributed by atoms with E-state index >= 15 is 0 Å². The summed E-state index contributed by atoms with van der Waals surface area (Å²) in [5, 5.41) is 0. The second kappa shape index (κ2) is 8.71. The van der Waals surface area contributed by atoms with Crippen molar-refractivity contribution in [3.8, 4) is 0 Å². The van der Waals surface area contributed by atoms with Crippen molar-refractivity contribution in [3.63, 3.8) is 0 Å². The number of Topliss-reactive ketones (excluding diaryl/α,β-unsaturated/α-hetero) is 1. The van der Waals surface area contributed by atoms with Crippen LogP contribution in [0.2, 0.25) is 0 Å². The number of rotatable bonds is 6. The standard InChI is InChI=1S/C26H44O3/c1-7-21(18(3)8-9-24(28)29-6)25(4)12-11-22-20(16-25)23(27)15-19-14-17(2)10-13-26(19,22)5/h17-22H,7-16H2,1-6H3/t17-,18?,19+,20-,21-,22?,25?,26?/m1/s1. The predicted octanol–water partition coefficient (Wildman–Crippen LogP) is 6.44. The smallest absolute Gasteiger partial charge is 0.305 e. The first-order chi connectivity index (χ1) is 13.6. The zero-order valence-electron chi connectivity index (χ0n) is 19.8. The summed E-state index contributed by atoms with van der Waals surface area (Å²) in [6.07, 6.45) is 10.8. The summed E-state index contributed by atoms with van der Waals surface area (Å²) in [6.45, 7) is 11.9. The summed E-state index contributed by atoms with van der Waals surface area (Å²) in [5.41, 5.74) is 0.594. The zero-order chi connectivity index (χ0) is 21.4. The van der Waals surface area contributed by atoms with E-state index in [0.29, 0.717) is 41.3 Å². The lowest BCUT2D eigenvalue weighted by Crippen LogP contribution is -2.54. The van der Waals surface area contributed by atoms with Crippen molar-refractivity contribution < 1.29 is 14.3 Å². The van der Waals surface area contributed by atoms with Crippen LogP contribution in [0.15, 0.2) is 0 Å². The number of carbonyl (C=O) groups excluding carboxylic acids is 2. The van der Waals surface area contributed by atoms with Crippen molar-refractivity contribution in [1.29, 1.82) is 0 Å². The summed E-state index contributed by atoms with van der Waals surface area (Å²) < 4.78 is 4.85. The van der Waals surface area contributed by atoms with Gasteiger partial charge in [0.2, 0.25) is 0 Å². The molecule has 0 bridgehead atoms. The summed E-state index contributed by atoms with van der Waals surface area (Å²) in [5.74, 6) is 3.78. The van der Waals surface area contributed by atoms with E-state index in [1.54, 1.807) is 0 Å². The molecular formula is C26H44O3. The predicted molar refractivity (Wildman–Crippen MR) is 117 cm³/mol. The van der Waals surface area contributed by atoms with Crippen LogP contribution < -0.4 is 0 Å². The Morgan fingerprint density at radius 1 is 1.24 bits per heavy atom. The number of methoxy groups -OCH3 is 1. The monoisotopic (exact) mass is 404 g/mol. The minimum atomic E-state index is -0.103. The van der Waals surface area contributed by atoms with Crippen LogP contribution in [0, 0.1) is 46.3 Å². The molecule has 29 heavy (non-hydrogen) atoms. The zero-order valence-corrected chi connectivity index (χ0v) is 19.8. The summed E-state index contributed by atoms with van der Waals surface area (Å²) >= 11 is 0. The van der Waals surface area contributed by atoms with E-state index in [9.17, 15) is 9.59 Å². The van der Waals surface area contributed by atoms with Crippen LogP contribution in [0.25, 0.3) is 0 Å². The first kappa shape index (κ1) is 22.8. The molecule has 0 aliphatic heterocycles. The molecule has 0 radical (unpaired) electrons. The Hall–Kier alpha value is -0.860. The summed E-state index contributed by atoms with van der Waals surface area (Å²) in [7, 11) is 1.47. The molecule has 0 aromatic carbocycles. The third-order valence-corrected chi connectivity index (χ3v) is 9.76. The second-order valence-corrected chi connectivity index (χ2v) is 11.5. The fourth-order valence-electron chi connectivity index (χ4n) is 7.96. The van der Waals surface area contributed by atoms with Crippen LogP contribution in [0.5, 0.6) is 0 Å². The van der Waals surface area contributed by atoms with Gasteiger partial charge >= 0.3 is 5.97 Å². The molecule has 3 saturated carbocycles. The molecule has 3 rings (SSSR count). The second-order valence-electron chi connectivity index (χ2n) is 11.5. The number of esters is 1. The van der Waals surface area contributed by atoms with E-state index in [2.05, 4.69) is 34.6 Å².